The van der Waals surface area contributed by atoms with E-state index in [4.69, 9.17) is 32.7 Å². The molecule has 2 N–H and O–H groups in total. The fourth-order valence-corrected chi connectivity index (χ4v) is 0.231. The second kappa shape index (κ2) is 10.5. The predicted octanol–water partition coefficient (Wildman–Crippen LogP) is 1.61. The molecule has 0 aliphatic rings. The van der Waals surface area contributed by atoms with Crippen LogP contribution in [0.3, 0.4) is 0 Å². The largest absolute Gasteiger partial charge is 0.394 e. The molecule has 0 amide bonds. The molecule has 0 radical (unpaired) electrons. The van der Waals surface area contributed by atoms with Crippen LogP contribution >= 0.6 is 38.7 Å². The third kappa shape index (κ3) is 42.1. The highest BCUT2D eigenvalue weighted by atomic mass is 35.9. The molecule has 3 nitrogen and oxygen atoms in total. The van der Waals surface area contributed by atoms with Gasteiger partial charge in [-0.3, -0.25) is 0 Å². The molecule has 0 fully saturated rings. The van der Waals surface area contributed by atoms with Crippen molar-refractivity contribution in [3.8, 4) is 0 Å². The van der Waals surface area contributed by atoms with Gasteiger partial charge in [0.15, 0.2) is 3.95 Å². The van der Waals surface area contributed by atoms with Gasteiger partial charge in [-0.2, -0.15) is 0 Å². The van der Waals surface area contributed by atoms with E-state index in [0.717, 1.165) is 0 Å². The molecule has 0 aliphatic carbocycles. The normalized spacial score (nSPS) is 10.4. The van der Waals surface area contributed by atoms with E-state index < -0.39 is 3.95 Å². The van der Waals surface area contributed by atoms with Crippen LogP contribution in [0.4, 0.5) is 0 Å². The molecule has 0 aromatic carbocycles. The minimum Gasteiger partial charge on any atom is -0.394 e. The van der Waals surface area contributed by atoms with Crippen molar-refractivity contribution in [2.45, 2.75) is 0 Å². The summed E-state index contributed by atoms with van der Waals surface area (Å²) in [6.45, 7) is 0.696. The summed E-state index contributed by atoms with van der Waals surface area (Å²) < 4.78 is 2.47. The summed E-state index contributed by atoms with van der Waals surface area (Å²) in [5.74, 6) is 0. The Hall–Kier alpha value is 1.46. The van der Waals surface area contributed by atoms with Gasteiger partial charge in [-0.05, 0) is 0 Å². The predicted molar refractivity (Wildman–Crippen MR) is 60.0 cm³/mol. The summed E-state index contributed by atoms with van der Waals surface area (Å²) in [5, 5.41) is 16.2. The topological polar surface area (TPSA) is 49.7 Å². The smallest absolute Gasteiger partial charge is 0.168 e. The zero-order valence-corrected chi connectivity index (χ0v) is 10.3. The molecular weight excluding hydrogens is 262 g/mol. The molecule has 0 aromatic rings. The van der Waals surface area contributed by atoms with Crippen molar-refractivity contribution in [2.24, 2.45) is 0 Å². The second-order valence-electron chi connectivity index (χ2n) is 1.49. The van der Waals surface area contributed by atoms with E-state index in [9.17, 15) is 0 Å². The number of ether oxygens (including phenoxy) is 1. The number of hydrogen-bond donors (Lipinski definition) is 3. The Morgan fingerprint density at radius 1 is 1.25 bits per heavy atom. The second-order valence-corrected chi connectivity index (χ2v) is 12.8. The highest BCUT2D eigenvalue weighted by molar-refractivity contribution is 8.79. The molecule has 12 heavy (non-hydrogen) atoms. The van der Waals surface area contributed by atoms with Crippen molar-refractivity contribution < 1.29 is 14.9 Å². The molecule has 0 rings (SSSR count). The van der Waals surface area contributed by atoms with Gasteiger partial charge in [0.05, 0.1) is 26.4 Å². The van der Waals surface area contributed by atoms with Crippen LogP contribution in [0.15, 0.2) is 0 Å². The van der Waals surface area contributed by atoms with Gasteiger partial charge in [-0.1, -0.05) is 34.3 Å². The van der Waals surface area contributed by atoms with E-state index >= 15 is 0 Å². The fraction of sp³-hybridized carbons (Fsp3) is 1.00. The van der Waals surface area contributed by atoms with E-state index in [0.29, 0.717) is 13.2 Å². The van der Waals surface area contributed by atoms with Crippen LogP contribution in [0.5, 0.6) is 0 Å². The van der Waals surface area contributed by atoms with E-state index in [-0.39, 0.29) is 13.2 Å². The van der Waals surface area contributed by atoms with Crippen LogP contribution in [0.25, 0.3) is 0 Å². The molecule has 8 heteroatoms. The maximum absolute atomic E-state index is 8.09. The monoisotopic (exact) mass is 272 g/mol. The van der Waals surface area contributed by atoms with Gasteiger partial charge in [0.1, 0.15) is 0 Å². The lowest BCUT2D eigenvalue weighted by molar-refractivity contribution is 0.0650. The standard InChI is InChI=1S/C4H10O3.Cl2HPS2/c5-1-3-7-4-2-6;1-3(2,4)5/h5-6H,1-4H2;(H,4,5). The van der Waals surface area contributed by atoms with Crippen molar-refractivity contribution in [1.29, 1.82) is 0 Å². The summed E-state index contributed by atoms with van der Waals surface area (Å²) in [6.07, 6.45) is 0. The van der Waals surface area contributed by atoms with Crippen LogP contribution in [-0.2, 0) is 16.5 Å². The van der Waals surface area contributed by atoms with Crippen LogP contribution < -0.4 is 0 Å². The first-order chi connectivity index (χ1) is 5.41. The Bertz CT molecular complexity index is 119. The van der Waals surface area contributed by atoms with Crippen molar-refractivity contribution in [3.63, 3.8) is 0 Å². The van der Waals surface area contributed by atoms with Crippen LogP contribution in [0.2, 0.25) is 0 Å². The van der Waals surface area contributed by atoms with Crippen LogP contribution in [-0.4, -0.2) is 36.6 Å². The first-order valence-corrected chi connectivity index (χ1v) is 8.70. The number of halogens is 2. The van der Waals surface area contributed by atoms with Crippen LogP contribution in [0.1, 0.15) is 0 Å². The Balaban J connectivity index is 0. The third-order valence-electron chi connectivity index (χ3n) is 0.471. The summed E-state index contributed by atoms with van der Waals surface area (Å²) in [5.41, 5.74) is 0. The Kier molecular flexibility index (Phi) is 14.0. The molecule has 76 valence electrons. The van der Waals surface area contributed by atoms with Gasteiger partial charge in [0.2, 0.25) is 0 Å². The van der Waals surface area contributed by atoms with Crippen molar-refractivity contribution in [2.75, 3.05) is 26.4 Å². The SMILES string of the molecule is OCCOCCO.S=P(S)(Cl)Cl. The summed E-state index contributed by atoms with van der Waals surface area (Å²) in [7, 11) is 0. The average Bonchev–Trinajstić information content (AvgIpc) is 1.85. The minimum absolute atomic E-state index is 0.0278. The molecular formula is C4H11Cl2O3PS2. The lowest BCUT2D eigenvalue weighted by Gasteiger charge is -1.94. The molecule has 0 saturated heterocycles. The lowest BCUT2D eigenvalue weighted by Crippen LogP contribution is -2.03. The minimum atomic E-state index is -2.17. The lowest BCUT2D eigenvalue weighted by atomic mass is 10.7. The third-order valence-corrected chi connectivity index (χ3v) is 0.471. The van der Waals surface area contributed by atoms with Gasteiger partial charge >= 0.3 is 0 Å². The first-order valence-electron chi connectivity index (χ1n) is 2.93. The summed E-state index contributed by atoms with van der Waals surface area (Å²) in [6, 6.07) is 0. The highest BCUT2D eigenvalue weighted by Crippen LogP contribution is 2.61. The van der Waals surface area contributed by atoms with Gasteiger partial charge < -0.3 is 14.9 Å². The number of hydrogen-bond acceptors (Lipinski definition) is 4. The number of aliphatic hydroxyl groups excluding tert-OH is 2. The average molecular weight is 273 g/mol. The number of rotatable bonds is 4. The van der Waals surface area contributed by atoms with Crippen LogP contribution in [0, 0.1) is 0 Å². The summed E-state index contributed by atoms with van der Waals surface area (Å²) >= 11 is 18.1. The molecule has 0 unspecified atom stereocenters. The van der Waals surface area contributed by atoms with Crippen molar-refractivity contribution in [1.82, 2.24) is 0 Å². The maximum atomic E-state index is 8.09. The molecule has 0 saturated carbocycles. The van der Waals surface area contributed by atoms with E-state index in [2.05, 4.69) is 28.8 Å². The molecule has 0 aromatic heterocycles. The van der Waals surface area contributed by atoms with Gasteiger partial charge in [-0.15, -0.1) is 12.2 Å². The Morgan fingerprint density at radius 2 is 1.50 bits per heavy atom. The zero-order chi connectivity index (χ0) is 10.0. The molecule has 0 spiro atoms. The quantitative estimate of drug-likeness (QED) is 0.414. The molecule has 0 atom stereocenters. The number of thiol groups is 1. The van der Waals surface area contributed by atoms with Gasteiger partial charge in [0.25, 0.3) is 0 Å². The maximum Gasteiger partial charge on any atom is 0.168 e. The Labute approximate surface area is 91.8 Å². The first kappa shape index (κ1) is 15.9. The van der Waals surface area contributed by atoms with E-state index in [1.165, 1.54) is 0 Å². The summed E-state index contributed by atoms with van der Waals surface area (Å²) in [4.78, 5) is 0. The fourth-order valence-electron chi connectivity index (χ4n) is 0.231. The highest BCUT2D eigenvalue weighted by Gasteiger charge is 1.92. The van der Waals surface area contributed by atoms with Gasteiger partial charge in [-0.25, -0.2) is 0 Å². The van der Waals surface area contributed by atoms with Crippen molar-refractivity contribution >= 4 is 50.5 Å². The Morgan fingerprint density at radius 3 is 1.67 bits per heavy atom. The zero-order valence-electron chi connectivity index (χ0n) is 6.19. The van der Waals surface area contributed by atoms with E-state index in [1.807, 2.05) is 0 Å². The molecule has 0 heterocycles. The van der Waals surface area contributed by atoms with Crippen molar-refractivity contribution in [3.05, 3.63) is 0 Å². The molecule has 0 bridgehead atoms. The number of aliphatic hydroxyl groups is 2. The molecule has 0 aliphatic heterocycles. The van der Waals surface area contributed by atoms with E-state index in [1.54, 1.807) is 0 Å². The van der Waals surface area contributed by atoms with Gasteiger partial charge in [0, 0.05) is 0 Å².